The normalized spacial score (nSPS) is 12.2. The average molecular weight is 254 g/mol. The molecule has 0 aliphatic rings. The first-order valence-electron chi connectivity index (χ1n) is 6.24. The number of carbonyl (C=O) groups is 1. The van der Waals surface area contributed by atoms with Crippen molar-refractivity contribution in [3.63, 3.8) is 0 Å². The van der Waals surface area contributed by atoms with E-state index < -0.39 is 0 Å². The molecule has 1 rings (SSSR count). The summed E-state index contributed by atoms with van der Waals surface area (Å²) in [7, 11) is 1.89. The summed E-state index contributed by atoms with van der Waals surface area (Å²) in [6, 6.07) is -0.185. The zero-order valence-corrected chi connectivity index (χ0v) is 11.0. The van der Waals surface area contributed by atoms with Crippen molar-refractivity contribution in [2.24, 2.45) is 7.05 Å². The average Bonchev–Trinajstić information content (AvgIpc) is 2.71. The Morgan fingerprint density at radius 3 is 3.00 bits per heavy atom. The summed E-state index contributed by atoms with van der Waals surface area (Å²) >= 11 is 0. The van der Waals surface area contributed by atoms with Crippen molar-refractivity contribution < 1.29 is 9.90 Å². The molecule has 102 valence electrons. The topological polar surface area (TPSA) is 79.2 Å². The van der Waals surface area contributed by atoms with Crippen LogP contribution < -0.4 is 10.6 Å². The predicted molar refractivity (Wildman–Crippen MR) is 69.2 cm³/mol. The number of nitrogens with one attached hydrogen (secondary N) is 2. The van der Waals surface area contributed by atoms with E-state index in [0.29, 0.717) is 13.0 Å². The van der Waals surface area contributed by atoms with Crippen molar-refractivity contribution in [1.29, 1.82) is 0 Å². The Balaban J connectivity index is 2.08. The Labute approximate surface area is 107 Å². The summed E-state index contributed by atoms with van der Waals surface area (Å²) in [5, 5.41) is 18.3. The SMILES string of the molecule is C[C@H](CCO)NC(=O)NCCCc1cnn(C)c1. The van der Waals surface area contributed by atoms with Gasteiger partial charge in [-0.05, 0) is 31.7 Å². The molecule has 18 heavy (non-hydrogen) atoms. The van der Waals surface area contributed by atoms with E-state index in [1.54, 1.807) is 4.68 Å². The lowest BCUT2D eigenvalue weighted by Gasteiger charge is -2.13. The van der Waals surface area contributed by atoms with Crippen LogP contribution in [0, 0.1) is 0 Å². The van der Waals surface area contributed by atoms with Crippen molar-refractivity contribution in [3.05, 3.63) is 18.0 Å². The third-order valence-electron chi connectivity index (χ3n) is 2.63. The van der Waals surface area contributed by atoms with Gasteiger partial charge in [0.2, 0.25) is 0 Å². The maximum absolute atomic E-state index is 11.4. The summed E-state index contributed by atoms with van der Waals surface area (Å²) in [5.74, 6) is 0. The molecule has 0 fully saturated rings. The van der Waals surface area contributed by atoms with Gasteiger partial charge in [-0.3, -0.25) is 4.68 Å². The summed E-state index contributed by atoms with van der Waals surface area (Å²) < 4.78 is 1.77. The molecular formula is C12H22N4O2. The van der Waals surface area contributed by atoms with Crippen molar-refractivity contribution >= 4 is 6.03 Å². The van der Waals surface area contributed by atoms with E-state index in [1.807, 2.05) is 26.4 Å². The van der Waals surface area contributed by atoms with Crippen LogP contribution in [0.25, 0.3) is 0 Å². The number of aliphatic hydroxyl groups excluding tert-OH is 1. The first-order chi connectivity index (χ1) is 8.61. The predicted octanol–water partition coefficient (Wildman–Crippen LogP) is 0.423. The van der Waals surface area contributed by atoms with Crippen LogP contribution in [-0.4, -0.2) is 40.1 Å². The fourth-order valence-electron chi connectivity index (χ4n) is 1.64. The van der Waals surface area contributed by atoms with Crippen molar-refractivity contribution in [2.45, 2.75) is 32.2 Å². The number of aromatic nitrogens is 2. The zero-order valence-electron chi connectivity index (χ0n) is 11.0. The van der Waals surface area contributed by atoms with Crippen LogP contribution in [0.2, 0.25) is 0 Å². The van der Waals surface area contributed by atoms with Crippen molar-refractivity contribution in [1.82, 2.24) is 20.4 Å². The van der Waals surface area contributed by atoms with E-state index in [2.05, 4.69) is 15.7 Å². The first kappa shape index (κ1) is 14.5. The number of urea groups is 1. The Hall–Kier alpha value is -1.56. The molecule has 3 N–H and O–H groups in total. The van der Waals surface area contributed by atoms with Crippen molar-refractivity contribution in [2.75, 3.05) is 13.2 Å². The van der Waals surface area contributed by atoms with Gasteiger partial charge < -0.3 is 15.7 Å². The molecule has 6 nitrogen and oxygen atoms in total. The van der Waals surface area contributed by atoms with Crippen LogP contribution in [0.3, 0.4) is 0 Å². The highest BCUT2D eigenvalue weighted by Crippen LogP contribution is 1.99. The van der Waals surface area contributed by atoms with Gasteiger partial charge in [0.25, 0.3) is 0 Å². The summed E-state index contributed by atoms with van der Waals surface area (Å²) in [4.78, 5) is 11.4. The van der Waals surface area contributed by atoms with E-state index in [0.717, 1.165) is 12.8 Å². The number of hydrogen-bond acceptors (Lipinski definition) is 3. The lowest BCUT2D eigenvalue weighted by Crippen LogP contribution is -2.41. The highest BCUT2D eigenvalue weighted by Gasteiger charge is 2.05. The molecule has 0 saturated carbocycles. The Kier molecular flexibility index (Phi) is 6.21. The number of carbonyl (C=O) groups excluding carboxylic acids is 1. The van der Waals surface area contributed by atoms with Crippen LogP contribution in [-0.2, 0) is 13.5 Å². The van der Waals surface area contributed by atoms with Gasteiger partial charge >= 0.3 is 6.03 Å². The van der Waals surface area contributed by atoms with Gasteiger partial charge in [-0.25, -0.2) is 4.79 Å². The fourth-order valence-corrected chi connectivity index (χ4v) is 1.64. The molecule has 0 aliphatic carbocycles. The van der Waals surface area contributed by atoms with Crippen LogP contribution in [0.15, 0.2) is 12.4 Å². The molecule has 0 spiro atoms. The van der Waals surface area contributed by atoms with E-state index in [9.17, 15) is 4.79 Å². The Morgan fingerprint density at radius 1 is 1.61 bits per heavy atom. The van der Waals surface area contributed by atoms with E-state index in [4.69, 9.17) is 5.11 Å². The van der Waals surface area contributed by atoms with Gasteiger partial charge in [0, 0.05) is 32.4 Å². The maximum Gasteiger partial charge on any atom is 0.314 e. The minimum absolute atomic E-state index is 0.00618. The third-order valence-corrected chi connectivity index (χ3v) is 2.63. The summed E-state index contributed by atoms with van der Waals surface area (Å²) in [5.41, 5.74) is 1.17. The molecule has 0 saturated heterocycles. The zero-order chi connectivity index (χ0) is 13.4. The van der Waals surface area contributed by atoms with E-state index in [1.165, 1.54) is 5.56 Å². The molecule has 0 unspecified atom stereocenters. The molecule has 1 atom stereocenters. The minimum Gasteiger partial charge on any atom is -0.396 e. The molecule has 6 heteroatoms. The second-order valence-electron chi connectivity index (χ2n) is 4.44. The first-order valence-corrected chi connectivity index (χ1v) is 6.24. The van der Waals surface area contributed by atoms with E-state index >= 15 is 0 Å². The lowest BCUT2D eigenvalue weighted by atomic mass is 10.2. The number of nitrogens with zero attached hydrogens (tertiary/aromatic N) is 2. The number of amides is 2. The number of aliphatic hydroxyl groups is 1. The fraction of sp³-hybridized carbons (Fsp3) is 0.667. The monoisotopic (exact) mass is 254 g/mol. The number of hydrogen-bond donors (Lipinski definition) is 3. The van der Waals surface area contributed by atoms with Gasteiger partial charge in [-0.1, -0.05) is 0 Å². The second-order valence-corrected chi connectivity index (χ2v) is 4.44. The quantitative estimate of drug-likeness (QED) is 0.617. The van der Waals surface area contributed by atoms with Gasteiger partial charge in [0.15, 0.2) is 0 Å². The summed E-state index contributed by atoms with van der Waals surface area (Å²) in [6.45, 7) is 2.58. The molecular weight excluding hydrogens is 232 g/mol. The maximum atomic E-state index is 11.4. The van der Waals surface area contributed by atoms with Crippen LogP contribution in [0.5, 0.6) is 0 Å². The number of aryl methyl sites for hydroxylation is 2. The molecule has 1 heterocycles. The lowest BCUT2D eigenvalue weighted by molar-refractivity contribution is 0.231. The van der Waals surface area contributed by atoms with Gasteiger partial charge in [-0.15, -0.1) is 0 Å². The van der Waals surface area contributed by atoms with Gasteiger partial charge in [0.05, 0.1) is 6.20 Å². The van der Waals surface area contributed by atoms with Crippen LogP contribution in [0.4, 0.5) is 4.79 Å². The van der Waals surface area contributed by atoms with E-state index in [-0.39, 0.29) is 18.7 Å². The molecule has 1 aromatic rings. The molecule has 1 aromatic heterocycles. The highest BCUT2D eigenvalue weighted by atomic mass is 16.3. The molecule has 0 aromatic carbocycles. The summed E-state index contributed by atoms with van der Waals surface area (Å²) in [6.07, 6.45) is 6.17. The number of rotatable bonds is 7. The Bertz CT molecular complexity index is 365. The minimum atomic E-state index is -0.179. The smallest absolute Gasteiger partial charge is 0.314 e. The third kappa shape index (κ3) is 5.67. The largest absolute Gasteiger partial charge is 0.396 e. The van der Waals surface area contributed by atoms with Gasteiger partial charge in [0.1, 0.15) is 0 Å². The Morgan fingerprint density at radius 2 is 2.39 bits per heavy atom. The van der Waals surface area contributed by atoms with Gasteiger partial charge in [-0.2, -0.15) is 5.10 Å². The second kappa shape index (κ2) is 7.71. The molecule has 0 bridgehead atoms. The molecule has 0 aliphatic heterocycles. The molecule has 2 amide bonds. The highest BCUT2D eigenvalue weighted by molar-refractivity contribution is 5.74. The van der Waals surface area contributed by atoms with Crippen LogP contribution in [0.1, 0.15) is 25.3 Å². The van der Waals surface area contributed by atoms with Crippen molar-refractivity contribution in [3.8, 4) is 0 Å². The standard InChI is InChI=1S/C12H22N4O2/c1-10(5-7-17)15-12(18)13-6-3-4-11-8-14-16(2)9-11/h8-10,17H,3-7H2,1-2H3,(H2,13,15,18)/t10-/m1/s1. The molecule has 0 radical (unpaired) electrons. The van der Waals surface area contributed by atoms with Crippen LogP contribution >= 0.6 is 0 Å².